The van der Waals surface area contributed by atoms with Crippen molar-refractivity contribution >= 4 is 28.1 Å². The van der Waals surface area contributed by atoms with E-state index < -0.39 is 0 Å². The van der Waals surface area contributed by atoms with Gasteiger partial charge in [-0.25, -0.2) is 4.98 Å². The van der Waals surface area contributed by atoms with Crippen LogP contribution in [0.4, 0.5) is 5.69 Å². The predicted molar refractivity (Wildman–Crippen MR) is 56.3 cm³/mol. The van der Waals surface area contributed by atoms with Gasteiger partial charge in [0.05, 0.1) is 0 Å². The van der Waals surface area contributed by atoms with Crippen molar-refractivity contribution in [2.45, 2.75) is 0 Å². The second kappa shape index (κ2) is 3.23. The van der Waals surface area contributed by atoms with E-state index in [-0.39, 0.29) is 0 Å². The Hall–Kier alpha value is -1.28. The lowest BCUT2D eigenvalue weighted by molar-refractivity contribution is 1.36. The maximum absolute atomic E-state index is 5.95. The minimum atomic E-state index is 0.551. The first-order chi connectivity index (χ1) is 6.33. The number of nitrogens with one attached hydrogen (secondary N) is 1. The van der Waals surface area contributed by atoms with Crippen molar-refractivity contribution in [1.82, 2.24) is 4.98 Å². The zero-order valence-electron chi connectivity index (χ0n) is 7.21. The number of fused-ring (bicyclic) bond motifs is 1. The molecule has 0 saturated carbocycles. The van der Waals surface area contributed by atoms with Gasteiger partial charge in [0, 0.05) is 29.7 Å². The highest BCUT2D eigenvalue weighted by molar-refractivity contribution is 6.34. The molecule has 0 aliphatic carbocycles. The Balaban J connectivity index is 2.84. The molecule has 0 atom stereocenters. The number of nitrogens with zero attached hydrogens (tertiary/aromatic N) is 1. The Morgan fingerprint density at radius 2 is 2.08 bits per heavy atom. The molecule has 0 fully saturated rings. The van der Waals surface area contributed by atoms with E-state index >= 15 is 0 Å². The average Bonchev–Trinajstić information content (AvgIpc) is 2.18. The van der Waals surface area contributed by atoms with Crippen LogP contribution in [0.5, 0.6) is 0 Å². The smallest absolute Gasteiger partial charge is 0.136 e. The average molecular weight is 193 g/mol. The minimum absolute atomic E-state index is 0.551. The SMILES string of the molecule is CNc1cccc2c(Cl)nccc12. The number of anilines is 1. The molecular formula is C10H9ClN2. The number of aromatic nitrogens is 1. The zero-order valence-corrected chi connectivity index (χ0v) is 7.97. The van der Waals surface area contributed by atoms with E-state index in [1.54, 1.807) is 6.20 Å². The molecule has 66 valence electrons. The van der Waals surface area contributed by atoms with E-state index in [0.29, 0.717) is 5.15 Å². The summed E-state index contributed by atoms with van der Waals surface area (Å²) >= 11 is 5.95. The van der Waals surface area contributed by atoms with Crippen molar-refractivity contribution in [2.24, 2.45) is 0 Å². The molecule has 2 nitrogen and oxygen atoms in total. The summed E-state index contributed by atoms with van der Waals surface area (Å²) in [6.07, 6.45) is 1.71. The lowest BCUT2D eigenvalue weighted by atomic mass is 10.1. The lowest BCUT2D eigenvalue weighted by Gasteiger charge is -2.05. The van der Waals surface area contributed by atoms with Crippen molar-refractivity contribution in [1.29, 1.82) is 0 Å². The first-order valence-corrected chi connectivity index (χ1v) is 4.41. The largest absolute Gasteiger partial charge is 0.388 e. The Labute approximate surface area is 81.6 Å². The van der Waals surface area contributed by atoms with Gasteiger partial charge >= 0.3 is 0 Å². The van der Waals surface area contributed by atoms with Gasteiger partial charge in [0.25, 0.3) is 0 Å². The standard InChI is InChI=1S/C10H9ClN2/c1-12-9-4-2-3-8-7(9)5-6-13-10(8)11/h2-6,12H,1H3. The molecule has 0 radical (unpaired) electrons. The van der Waals surface area contributed by atoms with Gasteiger partial charge in [0.1, 0.15) is 5.15 Å². The Morgan fingerprint density at radius 1 is 1.23 bits per heavy atom. The quantitative estimate of drug-likeness (QED) is 0.703. The third kappa shape index (κ3) is 1.33. The third-order valence-electron chi connectivity index (χ3n) is 2.03. The van der Waals surface area contributed by atoms with Crippen LogP contribution in [0.3, 0.4) is 0 Å². The second-order valence-corrected chi connectivity index (χ2v) is 3.11. The number of hydrogen-bond acceptors (Lipinski definition) is 2. The number of rotatable bonds is 1. The van der Waals surface area contributed by atoms with Crippen molar-refractivity contribution in [3.63, 3.8) is 0 Å². The molecule has 1 aromatic heterocycles. The number of pyridine rings is 1. The highest BCUT2D eigenvalue weighted by atomic mass is 35.5. The number of hydrogen-bond donors (Lipinski definition) is 1. The van der Waals surface area contributed by atoms with Gasteiger partial charge in [-0.2, -0.15) is 0 Å². The van der Waals surface area contributed by atoms with Crippen LogP contribution in [0.2, 0.25) is 5.15 Å². The van der Waals surface area contributed by atoms with Crippen LogP contribution in [0.25, 0.3) is 10.8 Å². The number of halogens is 1. The summed E-state index contributed by atoms with van der Waals surface area (Å²) in [5.74, 6) is 0. The summed E-state index contributed by atoms with van der Waals surface area (Å²) in [6.45, 7) is 0. The minimum Gasteiger partial charge on any atom is -0.388 e. The van der Waals surface area contributed by atoms with Crippen molar-refractivity contribution < 1.29 is 0 Å². The summed E-state index contributed by atoms with van der Waals surface area (Å²) in [6, 6.07) is 7.89. The molecule has 13 heavy (non-hydrogen) atoms. The molecule has 0 unspecified atom stereocenters. The predicted octanol–water partition coefficient (Wildman–Crippen LogP) is 2.93. The van der Waals surface area contributed by atoms with Crippen LogP contribution in [-0.4, -0.2) is 12.0 Å². The van der Waals surface area contributed by atoms with Crippen LogP contribution in [-0.2, 0) is 0 Å². The molecule has 0 saturated heterocycles. The Bertz CT molecular complexity index is 440. The third-order valence-corrected chi connectivity index (χ3v) is 2.33. The van der Waals surface area contributed by atoms with Gasteiger partial charge in [-0.1, -0.05) is 23.7 Å². The van der Waals surface area contributed by atoms with E-state index in [1.165, 1.54) is 0 Å². The second-order valence-electron chi connectivity index (χ2n) is 2.75. The Morgan fingerprint density at radius 3 is 2.85 bits per heavy atom. The van der Waals surface area contributed by atoms with Crippen LogP contribution in [0, 0.1) is 0 Å². The van der Waals surface area contributed by atoms with Gasteiger partial charge in [-0.05, 0) is 12.1 Å². The van der Waals surface area contributed by atoms with Crippen LogP contribution < -0.4 is 5.32 Å². The van der Waals surface area contributed by atoms with Gasteiger partial charge in [-0.3, -0.25) is 0 Å². The van der Waals surface area contributed by atoms with E-state index in [1.807, 2.05) is 31.3 Å². The van der Waals surface area contributed by atoms with Gasteiger partial charge in [0.15, 0.2) is 0 Å². The normalized spacial score (nSPS) is 10.3. The summed E-state index contributed by atoms with van der Waals surface area (Å²) in [4.78, 5) is 4.02. The monoisotopic (exact) mass is 192 g/mol. The topological polar surface area (TPSA) is 24.9 Å². The highest BCUT2D eigenvalue weighted by Crippen LogP contribution is 2.26. The summed E-state index contributed by atoms with van der Waals surface area (Å²) in [7, 11) is 1.89. The summed E-state index contributed by atoms with van der Waals surface area (Å²) in [5.41, 5.74) is 1.07. The van der Waals surface area contributed by atoms with Crippen molar-refractivity contribution in [2.75, 3.05) is 12.4 Å². The zero-order chi connectivity index (χ0) is 9.26. The first kappa shape index (κ1) is 8.32. The molecule has 3 heteroatoms. The molecular weight excluding hydrogens is 184 g/mol. The van der Waals surface area contributed by atoms with E-state index in [4.69, 9.17) is 11.6 Å². The molecule has 0 aliphatic rings. The van der Waals surface area contributed by atoms with Crippen molar-refractivity contribution in [3.8, 4) is 0 Å². The lowest BCUT2D eigenvalue weighted by Crippen LogP contribution is -1.89. The van der Waals surface area contributed by atoms with Gasteiger partial charge in [-0.15, -0.1) is 0 Å². The van der Waals surface area contributed by atoms with E-state index in [2.05, 4.69) is 10.3 Å². The molecule has 2 aromatic rings. The molecule has 1 aromatic carbocycles. The first-order valence-electron chi connectivity index (χ1n) is 4.04. The Kier molecular flexibility index (Phi) is 2.07. The van der Waals surface area contributed by atoms with Crippen LogP contribution in [0.1, 0.15) is 0 Å². The fraction of sp³-hybridized carbons (Fsp3) is 0.100. The molecule has 1 N–H and O–H groups in total. The fourth-order valence-electron chi connectivity index (χ4n) is 1.39. The summed E-state index contributed by atoms with van der Waals surface area (Å²) < 4.78 is 0. The van der Waals surface area contributed by atoms with Crippen LogP contribution >= 0.6 is 11.6 Å². The van der Waals surface area contributed by atoms with E-state index in [0.717, 1.165) is 16.5 Å². The molecule has 2 rings (SSSR count). The molecule has 0 aliphatic heterocycles. The maximum Gasteiger partial charge on any atom is 0.136 e. The fourth-order valence-corrected chi connectivity index (χ4v) is 1.61. The van der Waals surface area contributed by atoms with E-state index in [9.17, 15) is 0 Å². The molecule has 0 amide bonds. The number of benzene rings is 1. The molecule has 0 bridgehead atoms. The molecule has 1 heterocycles. The van der Waals surface area contributed by atoms with Crippen molar-refractivity contribution in [3.05, 3.63) is 35.6 Å². The maximum atomic E-state index is 5.95. The highest BCUT2D eigenvalue weighted by Gasteiger charge is 2.01. The van der Waals surface area contributed by atoms with Gasteiger partial charge in [0.2, 0.25) is 0 Å². The van der Waals surface area contributed by atoms with Gasteiger partial charge < -0.3 is 5.32 Å². The summed E-state index contributed by atoms with van der Waals surface area (Å²) in [5, 5.41) is 5.75. The van der Waals surface area contributed by atoms with Crippen LogP contribution in [0.15, 0.2) is 30.5 Å². The molecule has 0 spiro atoms.